The first kappa shape index (κ1) is 20.9. The van der Waals surface area contributed by atoms with Crippen molar-refractivity contribution in [3.63, 3.8) is 0 Å². The number of benzene rings is 2. The summed E-state index contributed by atoms with van der Waals surface area (Å²) in [5, 5.41) is 7.34. The fourth-order valence-corrected chi connectivity index (χ4v) is 3.04. The summed E-state index contributed by atoms with van der Waals surface area (Å²) >= 11 is 5.50. The summed E-state index contributed by atoms with van der Waals surface area (Å²) in [7, 11) is 1.42. The Bertz CT molecular complexity index is 717. The van der Waals surface area contributed by atoms with Gasteiger partial charge in [-0.2, -0.15) is 0 Å². The van der Waals surface area contributed by atoms with Gasteiger partial charge in [-0.05, 0) is 43.1 Å². The standard InChI is InChI=1S/C22H28N2O2S/c1-17-12-14-19(15-13-17)21(18-9-5-3-6-10-18)24-22(27)23-16-8-4-7-11-20(25)26-2/h3,5-6,9-10,12-15,21H,4,7-8,11,16H2,1-2H3,(H2,23,24,27)/t21-/m0/s1. The summed E-state index contributed by atoms with van der Waals surface area (Å²) in [4.78, 5) is 11.1. The first-order valence-electron chi connectivity index (χ1n) is 9.33. The molecule has 2 aromatic carbocycles. The Morgan fingerprint density at radius 2 is 1.67 bits per heavy atom. The molecule has 144 valence electrons. The van der Waals surface area contributed by atoms with Gasteiger partial charge in [0.05, 0.1) is 13.2 Å². The fourth-order valence-electron chi connectivity index (χ4n) is 2.82. The normalized spacial score (nSPS) is 11.5. The van der Waals surface area contributed by atoms with Crippen molar-refractivity contribution >= 4 is 23.3 Å². The van der Waals surface area contributed by atoms with Crippen LogP contribution in [0.2, 0.25) is 0 Å². The monoisotopic (exact) mass is 384 g/mol. The molecule has 2 N–H and O–H groups in total. The van der Waals surface area contributed by atoms with Gasteiger partial charge in [0.1, 0.15) is 0 Å². The molecule has 0 aromatic heterocycles. The molecule has 0 radical (unpaired) electrons. The summed E-state index contributed by atoms with van der Waals surface area (Å²) in [6.45, 7) is 2.86. The van der Waals surface area contributed by atoms with E-state index < -0.39 is 0 Å². The lowest BCUT2D eigenvalue weighted by Gasteiger charge is -2.22. The second-order valence-corrected chi connectivity index (χ2v) is 6.95. The van der Waals surface area contributed by atoms with Crippen LogP contribution in [0.1, 0.15) is 48.4 Å². The Labute approximate surface area is 167 Å². The summed E-state index contributed by atoms with van der Waals surface area (Å²) in [5.41, 5.74) is 3.58. The number of hydrogen-bond acceptors (Lipinski definition) is 3. The number of methoxy groups -OCH3 is 1. The minimum Gasteiger partial charge on any atom is -0.469 e. The first-order valence-corrected chi connectivity index (χ1v) is 9.73. The third-order valence-corrected chi connectivity index (χ3v) is 4.65. The highest BCUT2D eigenvalue weighted by atomic mass is 32.1. The van der Waals surface area contributed by atoms with Crippen LogP contribution in [0.3, 0.4) is 0 Å². The molecule has 0 aliphatic carbocycles. The van der Waals surface area contributed by atoms with Gasteiger partial charge in [0.2, 0.25) is 0 Å². The molecule has 0 unspecified atom stereocenters. The van der Waals surface area contributed by atoms with Crippen LogP contribution < -0.4 is 10.6 Å². The van der Waals surface area contributed by atoms with Crippen LogP contribution in [0.5, 0.6) is 0 Å². The lowest BCUT2D eigenvalue weighted by molar-refractivity contribution is -0.140. The highest BCUT2D eigenvalue weighted by Gasteiger charge is 2.14. The predicted molar refractivity (Wildman–Crippen MR) is 114 cm³/mol. The van der Waals surface area contributed by atoms with Crippen molar-refractivity contribution in [2.24, 2.45) is 0 Å². The quantitative estimate of drug-likeness (QED) is 0.384. The number of carbonyl (C=O) groups excluding carboxylic acids is 1. The zero-order chi connectivity index (χ0) is 19.5. The van der Waals surface area contributed by atoms with Gasteiger partial charge in [-0.3, -0.25) is 4.79 Å². The molecule has 4 nitrogen and oxygen atoms in total. The van der Waals surface area contributed by atoms with Crippen LogP contribution in [0.15, 0.2) is 54.6 Å². The molecule has 0 saturated carbocycles. The van der Waals surface area contributed by atoms with E-state index in [2.05, 4.69) is 58.7 Å². The van der Waals surface area contributed by atoms with Crippen LogP contribution in [0.4, 0.5) is 0 Å². The number of aryl methyl sites for hydroxylation is 1. The van der Waals surface area contributed by atoms with Crippen LogP contribution in [-0.4, -0.2) is 24.7 Å². The molecule has 0 aliphatic rings. The Morgan fingerprint density at radius 3 is 2.33 bits per heavy atom. The van der Waals surface area contributed by atoms with Gasteiger partial charge in [0.15, 0.2) is 5.11 Å². The Hall–Kier alpha value is -2.40. The van der Waals surface area contributed by atoms with Crippen molar-refractivity contribution in [1.82, 2.24) is 10.6 Å². The third kappa shape index (κ3) is 7.39. The molecular formula is C22H28N2O2S. The molecule has 5 heteroatoms. The number of thiocarbonyl (C=S) groups is 1. The van der Waals surface area contributed by atoms with Crippen molar-refractivity contribution in [1.29, 1.82) is 0 Å². The zero-order valence-corrected chi connectivity index (χ0v) is 16.9. The Balaban J connectivity index is 1.87. The first-order chi connectivity index (χ1) is 13.1. The maximum Gasteiger partial charge on any atom is 0.305 e. The highest BCUT2D eigenvalue weighted by molar-refractivity contribution is 7.80. The Kier molecular flexibility index (Phi) is 8.78. The number of carbonyl (C=O) groups is 1. The van der Waals surface area contributed by atoms with Crippen molar-refractivity contribution in [2.75, 3.05) is 13.7 Å². The van der Waals surface area contributed by atoms with Gasteiger partial charge >= 0.3 is 5.97 Å². The lowest BCUT2D eigenvalue weighted by atomic mass is 9.98. The summed E-state index contributed by atoms with van der Waals surface area (Å²) in [6.07, 6.45) is 3.23. The van der Waals surface area contributed by atoms with E-state index in [4.69, 9.17) is 12.2 Å². The van der Waals surface area contributed by atoms with E-state index in [1.807, 2.05) is 18.2 Å². The van der Waals surface area contributed by atoms with Gasteiger partial charge < -0.3 is 15.4 Å². The summed E-state index contributed by atoms with van der Waals surface area (Å²) < 4.78 is 4.64. The molecule has 0 saturated heterocycles. The van der Waals surface area contributed by atoms with Gasteiger partial charge in [0.25, 0.3) is 0 Å². The van der Waals surface area contributed by atoms with E-state index in [1.165, 1.54) is 23.8 Å². The van der Waals surface area contributed by atoms with E-state index in [-0.39, 0.29) is 12.0 Å². The third-order valence-electron chi connectivity index (χ3n) is 4.39. The van der Waals surface area contributed by atoms with E-state index in [9.17, 15) is 4.79 Å². The van der Waals surface area contributed by atoms with E-state index in [0.29, 0.717) is 11.5 Å². The molecule has 0 aliphatic heterocycles. The second-order valence-electron chi connectivity index (χ2n) is 6.54. The van der Waals surface area contributed by atoms with Gasteiger partial charge in [-0.1, -0.05) is 66.6 Å². The average molecular weight is 385 g/mol. The maximum absolute atomic E-state index is 11.1. The minimum atomic E-state index is -0.149. The van der Waals surface area contributed by atoms with Crippen molar-refractivity contribution < 1.29 is 9.53 Å². The molecule has 2 aromatic rings. The largest absolute Gasteiger partial charge is 0.469 e. The van der Waals surface area contributed by atoms with Crippen LogP contribution >= 0.6 is 12.2 Å². The molecule has 27 heavy (non-hydrogen) atoms. The molecule has 0 spiro atoms. The minimum absolute atomic E-state index is 0.00567. The molecule has 0 bridgehead atoms. The smallest absolute Gasteiger partial charge is 0.305 e. The molecule has 0 heterocycles. The van der Waals surface area contributed by atoms with Crippen LogP contribution in [-0.2, 0) is 9.53 Å². The number of hydrogen-bond donors (Lipinski definition) is 2. The van der Waals surface area contributed by atoms with Crippen molar-refractivity contribution in [2.45, 2.75) is 38.6 Å². The number of rotatable bonds is 9. The predicted octanol–water partition coefficient (Wildman–Crippen LogP) is 4.28. The average Bonchev–Trinajstić information content (AvgIpc) is 2.70. The van der Waals surface area contributed by atoms with E-state index in [1.54, 1.807) is 0 Å². The van der Waals surface area contributed by atoms with Gasteiger partial charge in [0, 0.05) is 13.0 Å². The molecule has 1 atom stereocenters. The molecule has 2 rings (SSSR count). The fraction of sp³-hybridized carbons (Fsp3) is 0.364. The lowest BCUT2D eigenvalue weighted by Crippen LogP contribution is -2.38. The van der Waals surface area contributed by atoms with E-state index >= 15 is 0 Å². The van der Waals surface area contributed by atoms with E-state index in [0.717, 1.165) is 25.8 Å². The molecular weight excluding hydrogens is 356 g/mol. The summed E-state index contributed by atoms with van der Waals surface area (Å²) in [6, 6.07) is 18.8. The SMILES string of the molecule is COC(=O)CCCCCNC(=S)N[C@@H](c1ccccc1)c1ccc(C)cc1. The topological polar surface area (TPSA) is 50.4 Å². The number of nitrogens with one attached hydrogen (secondary N) is 2. The molecule has 0 fully saturated rings. The van der Waals surface area contributed by atoms with Gasteiger partial charge in [-0.25, -0.2) is 0 Å². The second kappa shape index (κ2) is 11.3. The number of ether oxygens (including phenoxy) is 1. The van der Waals surface area contributed by atoms with Crippen LogP contribution in [0, 0.1) is 6.92 Å². The van der Waals surface area contributed by atoms with Gasteiger partial charge in [-0.15, -0.1) is 0 Å². The maximum atomic E-state index is 11.1. The van der Waals surface area contributed by atoms with Crippen molar-refractivity contribution in [3.05, 3.63) is 71.3 Å². The summed E-state index contributed by atoms with van der Waals surface area (Å²) in [5.74, 6) is -0.149. The molecule has 0 amide bonds. The zero-order valence-electron chi connectivity index (χ0n) is 16.0. The van der Waals surface area contributed by atoms with Crippen LogP contribution in [0.25, 0.3) is 0 Å². The highest BCUT2D eigenvalue weighted by Crippen LogP contribution is 2.22. The number of unbranched alkanes of at least 4 members (excludes halogenated alkanes) is 2. The Morgan fingerprint density at radius 1 is 1.00 bits per heavy atom. The van der Waals surface area contributed by atoms with Crippen molar-refractivity contribution in [3.8, 4) is 0 Å². The number of esters is 1.